The van der Waals surface area contributed by atoms with E-state index in [0.29, 0.717) is 61.0 Å². The van der Waals surface area contributed by atoms with Crippen LogP contribution in [0.1, 0.15) is 46.5 Å². The highest BCUT2D eigenvalue weighted by Crippen LogP contribution is 2.65. The van der Waals surface area contributed by atoms with E-state index in [2.05, 4.69) is 13.2 Å². The predicted molar refractivity (Wildman–Crippen MR) is 184 cm³/mol. The van der Waals surface area contributed by atoms with Crippen LogP contribution in [-0.2, 0) is 19.1 Å². The molecule has 2 aromatic rings. The molecule has 9 nitrogen and oxygen atoms in total. The third-order valence-electron chi connectivity index (χ3n) is 10.1. The number of carbonyl (C=O) groups excluding carboxylic acids is 3. The summed E-state index contributed by atoms with van der Waals surface area (Å²) < 4.78 is 12.6. The number of amides is 3. The maximum Gasteiger partial charge on any atom is 0.253 e. The summed E-state index contributed by atoms with van der Waals surface area (Å²) in [5.41, 5.74) is -1.05. The molecule has 0 saturated carbocycles. The fourth-order valence-electron chi connectivity index (χ4n) is 7.97. The van der Waals surface area contributed by atoms with Gasteiger partial charge in [-0.2, -0.15) is 0 Å². The van der Waals surface area contributed by atoms with Gasteiger partial charge in [0, 0.05) is 31.9 Å². The molecule has 10 heteroatoms. The van der Waals surface area contributed by atoms with Crippen molar-refractivity contribution in [1.82, 2.24) is 4.90 Å². The van der Waals surface area contributed by atoms with Crippen molar-refractivity contribution in [2.75, 3.05) is 42.6 Å². The van der Waals surface area contributed by atoms with Crippen LogP contribution in [0.3, 0.4) is 0 Å². The topological polar surface area (TPSA) is 99.6 Å². The van der Waals surface area contributed by atoms with Gasteiger partial charge in [0.05, 0.1) is 34.8 Å². The van der Waals surface area contributed by atoms with E-state index < -0.39 is 29.1 Å². The molecule has 3 unspecified atom stereocenters. The van der Waals surface area contributed by atoms with Crippen LogP contribution >= 0.6 is 11.6 Å². The number of halogens is 1. The molecule has 6 atom stereocenters. The lowest BCUT2D eigenvalue weighted by molar-refractivity contribution is -0.145. The number of para-hydroxylation sites is 1. The van der Waals surface area contributed by atoms with Crippen molar-refractivity contribution in [2.45, 2.75) is 63.7 Å². The zero-order chi connectivity index (χ0) is 33.9. The van der Waals surface area contributed by atoms with Crippen LogP contribution in [0.5, 0.6) is 5.75 Å². The number of aliphatic hydroxyl groups is 1. The third kappa shape index (κ3) is 5.98. The van der Waals surface area contributed by atoms with E-state index in [-0.39, 0.29) is 43.3 Å². The molecule has 3 fully saturated rings. The first kappa shape index (κ1) is 34.7. The Morgan fingerprint density at radius 1 is 1.06 bits per heavy atom. The average Bonchev–Trinajstić information content (AvgIpc) is 3.57. The van der Waals surface area contributed by atoms with Crippen molar-refractivity contribution in [3.05, 3.63) is 78.9 Å². The first-order valence-corrected chi connectivity index (χ1v) is 16.9. The Morgan fingerprint density at radius 3 is 2.38 bits per heavy atom. The molecule has 5 rings (SSSR count). The van der Waals surface area contributed by atoms with Crippen molar-refractivity contribution in [2.24, 2.45) is 17.8 Å². The zero-order valence-electron chi connectivity index (χ0n) is 27.6. The molecule has 0 aliphatic carbocycles. The molecule has 3 aliphatic heterocycles. The molecule has 3 heterocycles. The number of hydrogen-bond acceptors (Lipinski definition) is 6. The first-order chi connectivity index (χ1) is 22.6. The number of carbonyl (C=O) groups is 3. The summed E-state index contributed by atoms with van der Waals surface area (Å²) in [7, 11) is 0. The molecule has 3 amide bonds. The Morgan fingerprint density at radius 2 is 1.74 bits per heavy atom. The number of ether oxygens (including phenoxy) is 2. The van der Waals surface area contributed by atoms with Crippen molar-refractivity contribution in [3.8, 4) is 5.75 Å². The number of rotatable bonds is 15. The van der Waals surface area contributed by atoms with Gasteiger partial charge in [0.25, 0.3) is 5.91 Å². The lowest BCUT2D eigenvalue weighted by atomic mass is 9.62. The first-order valence-electron chi connectivity index (χ1n) is 16.5. The lowest BCUT2D eigenvalue weighted by Gasteiger charge is -2.39. The molecular weight excluding hydrogens is 618 g/mol. The van der Waals surface area contributed by atoms with Crippen LogP contribution in [0.2, 0.25) is 5.02 Å². The standard InChI is InChI=1S/C37H46ClN3O6/c1-6-20-39(26-16-18-27(19-17-26)46-8-3)33(43)30-31-34(44)41(22-12-9-13-23-42)32(37(31)24-25(4)36(30,5)47-37)35(45)40(21-7-2)29-15-11-10-14-28(29)38/h6-7,10-11,14-19,25,30-32,42H,1-2,8-9,12-13,20-24H2,3-5H3/t25?,30-,31-,32?,36+,37?/m0/s1. The zero-order valence-corrected chi connectivity index (χ0v) is 28.3. The number of anilines is 2. The molecule has 252 valence electrons. The molecule has 1 spiro atoms. The van der Waals surface area contributed by atoms with E-state index in [1.165, 1.54) is 0 Å². The summed E-state index contributed by atoms with van der Waals surface area (Å²) in [6.07, 6.45) is 5.60. The summed E-state index contributed by atoms with van der Waals surface area (Å²) in [6, 6.07) is 13.4. The minimum absolute atomic E-state index is 0.0444. The second kappa shape index (κ2) is 14.2. The second-order valence-electron chi connectivity index (χ2n) is 12.9. The monoisotopic (exact) mass is 663 g/mol. The number of aliphatic hydroxyl groups excluding tert-OH is 1. The van der Waals surface area contributed by atoms with Gasteiger partial charge < -0.3 is 29.3 Å². The van der Waals surface area contributed by atoms with Gasteiger partial charge in [0.15, 0.2) is 0 Å². The highest BCUT2D eigenvalue weighted by Gasteiger charge is 2.80. The van der Waals surface area contributed by atoms with E-state index in [9.17, 15) is 19.5 Å². The van der Waals surface area contributed by atoms with E-state index in [1.807, 2.05) is 51.1 Å². The second-order valence-corrected chi connectivity index (χ2v) is 13.3. The van der Waals surface area contributed by atoms with Crippen molar-refractivity contribution < 1.29 is 29.0 Å². The Kier molecular flexibility index (Phi) is 10.5. The smallest absolute Gasteiger partial charge is 0.253 e. The van der Waals surface area contributed by atoms with Gasteiger partial charge in [-0.05, 0) is 81.8 Å². The number of fused-ring (bicyclic) bond motifs is 1. The van der Waals surface area contributed by atoms with E-state index >= 15 is 0 Å². The van der Waals surface area contributed by atoms with E-state index in [0.717, 1.165) is 0 Å². The van der Waals surface area contributed by atoms with Crippen LogP contribution in [-0.4, -0.2) is 77.8 Å². The molecule has 2 bridgehead atoms. The predicted octanol–water partition coefficient (Wildman–Crippen LogP) is 5.65. The average molecular weight is 664 g/mol. The highest BCUT2D eigenvalue weighted by molar-refractivity contribution is 6.34. The number of nitrogens with zero attached hydrogens (tertiary/aromatic N) is 3. The molecule has 47 heavy (non-hydrogen) atoms. The van der Waals surface area contributed by atoms with Crippen molar-refractivity contribution in [1.29, 1.82) is 0 Å². The quantitative estimate of drug-likeness (QED) is 0.195. The maximum absolute atomic E-state index is 14.9. The van der Waals surface area contributed by atoms with Crippen LogP contribution in [0.25, 0.3) is 0 Å². The maximum atomic E-state index is 14.9. The molecule has 0 radical (unpaired) electrons. The van der Waals surface area contributed by atoms with Crippen LogP contribution in [0, 0.1) is 17.8 Å². The van der Waals surface area contributed by atoms with Gasteiger partial charge in [-0.15, -0.1) is 13.2 Å². The third-order valence-corrected chi connectivity index (χ3v) is 10.4. The molecular formula is C37H46ClN3O6. The van der Waals surface area contributed by atoms with Gasteiger partial charge in [0.1, 0.15) is 17.4 Å². The summed E-state index contributed by atoms with van der Waals surface area (Å²) in [4.78, 5) is 49.2. The molecule has 3 aliphatic rings. The van der Waals surface area contributed by atoms with Gasteiger partial charge in [-0.3, -0.25) is 14.4 Å². The normalized spacial score (nSPS) is 27.4. The lowest BCUT2D eigenvalue weighted by Crippen LogP contribution is -2.57. The Hall–Kier alpha value is -3.66. The summed E-state index contributed by atoms with van der Waals surface area (Å²) in [5.74, 6) is -1.96. The van der Waals surface area contributed by atoms with Crippen LogP contribution in [0.15, 0.2) is 73.8 Å². The minimum atomic E-state index is -1.22. The van der Waals surface area contributed by atoms with E-state index in [1.54, 1.807) is 45.1 Å². The summed E-state index contributed by atoms with van der Waals surface area (Å²) in [5, 5.41) is 9.79. The van der Waals surface area contributed by atoms with Gasteiger partial charge in [-0.1, -0.05) is 42.8 Å². The van der Waals surface area contributed by atoms with Crippen molar-refractivity contribution >= 4 is 40.7 Å². The SMILES string of the molecule is C=CCN(C(=O)[C@@H]1[C@H]2C(=O)N(CCCCCO)C(C(=O)N(CC=C)c3ccccc3Cl)C23CC(C)[C@@]1(C)O3)c1ccc(OCC)cc1. The number of likely N-dealkylation sites (tertiary alicyclic amines) is 1. The van der Waals surface area contributed by atoms with Gasteiger partial charge >= 0.3 is 0 Å². The fourth-order valence-corrected chi connectivity index (χ4v) is 8.21. The van der Waals surface area contributed by atoms with Crippen LogP contribution < -0.4 is 14.5 Å². The van der Waals surface area contributed by atoms with Crippen molar-refractivity contribution in [3.63, 3.8) is 0 Å². The molecule has 1 N–H and O–H groups in total. The highest BCUT2D eigenvalue weighted by atomic mass is 35.5. The number of benzene rings is 2. The molecule has 2 aromatic carbocycles. The molecule has 3 saturated heterocycles. The number of unbranched alkanes of at least 4 members (excludes halogenated alkanes) is 2. The number of hydrogen-bond donors (Lipinski definition) is 1. The Labute approximate surface area is 282 Å². The largest absolute Gasteiger partial charge is 0.494 e. The van der Waals surface area contributed by atoms with Gasteiger partial charge in [-0.25, -0.2) is 0 Å². The summed E-state index contributed by atoms with van der Waals surface area (Å²) in [6.45, 7) is 14.9. The Balaban J connectivity index is 1.59. The van der Waals surface area contributed by atoms with Gasteiger partial charge in [0.2, 0.25) is 11.8 Å². The van der Waals surface area contributed by atoms with Crippen LogP contribution in [0.4, 0.5) is 11.4 Å². The Bertz CT molecular complexity index is 1500. The van der Waals surface area contributed by atoms with E-state index in [4.69, 9.17) is 21.1 Å². The fraction of sp³-hybridized carbons (Fsp3) is 0.486. The minimum Gasteiger partial charge on any atom is -0.494 e. The summed E-state index contributed by atoms with van der Waals surface area (Å²) >= 11 is 6.61. The molecule has 0 aromatic heterocycles.